The predicted octanol–water partition coefficient (Wildman–Crippen LogP) is 2.52. The second-order valence-electron chi connectivity index (χ2n) is 5.91. The van der Waals surface area contributed by atoms with Crippen molar-refractivity contribution in [2.24, 2.45) is 5.73 Å². The Hall–Kier alpha value is -0.910. The topological polar surface area (TPSA) is 58.4 Å². The van der Waals surface area contributed by atoms with Gasteiger partial charge in [-0.2, -0.15) is 0 Å². The van der Waals surface area contributed by atoms with E-state index in [0.29, 0.717) is 6.54 Å². The molecule has 1 saturated carbocycles. The lowest BCUT2D eigenvalue weighted by molar-refractivity contribution is -0.122. The average molecular weight is 309 g/mol. The average Bonchev–Trinajstić information content (AvgIpc) is 3.05. The molecule has 0 saturated heterocycles. The summed E-state index contributed by atoms with van der Waals surface area (Å²) in [6.45, 7) is 1.74. The standard InChI is InChI=1S/C16H27N3OS/c1-19(13-7-3-2-4-8-13)11-6-10-18-16(20)15(17)14-9-5-12-21-14/h5,9,12-13,15H,2-4,6-8,10-11,17H2,1H3,(H,18,20). The Labute approximate surface area is 131 Å². The fourth-order valence-corrected chi connectivity index (χ4v) is 3.68. The van der Waals surface area contributed by atoms with E-state index in [1.165, 1.54) is 43.4 Å². The van der Waals surface area contributed by atoms with Gasteiger partial charge in [0, 0.05) is 17.5 Å². The maximum atomic E-state index is 11.9. The van der Waals surface area contributed by atoms with E-state index in [2.05, 4.69) is 17.3 Å². The van der Waals surface area contributed by atoms with Crippen LogP contribution in [0.15, 0.2) is 17.5 Å². The van der Waals surface area contributed by atoms with Gasteiger partial charge in [0.05, 0.1) is 0 Å². The van der Waals surface area contributed by atoms with Gasteiger partial charge in [-0.15, -0.1) is 11.3 Å². The van der Waals surface area contributed by atoms with Crippen LogP contribution < -0.4 is 11.1 Å². The first kappa shape index (κ1) is 16.5. The molecule has 0 spiro atoms. The zero-order valence-electron chi connectivity index (χ0n) is 12.9. The normalized spacial score (nSPS) is 17.9. The molecule has 1 aromatic heterocycles. The summed E-state index contributed by atoms with van der Waals surface area (Å²) in [5.74, 6) is -0.0715. The number of hydrogen-bond acceptors (Lipinski definition) is 4. The van der Waals surface area contributed by atoms with E-state index in [0.717, 1.165) is 23.9 Å². The maximum absolute atomic E-state index is 11.9. The summed E-state index contributed by atoms with van der Waals surface area (Å²) in [4.78, 5) is 15.3. The van der Waals surface area contributed by atoms with Gasteiger partial charge in [-0.25, -0.2) is 0 Å². The lowest BCUT2D eigenvalue weighted by atomic mass is 9.94. The number of hydrogen-bond donors (Lipinski definition) is 2. The Bertz CT molecular complexity index is 415. The van der Waals surface area contributed by atoms with Crippen LogP contribution in [0.25, 0.3) is 0 Å². The molecule has 118 valence electrons. The Kier molecular flexibility index (Phi) is 6.67. The van der Waals surface area contributed by atoms with Gasteiger partial charge < -0.3 is 16.0 Å². The summed E-state index contributed by atoms with van der Waals surface area (Å²) >= 11 is 1.53. The van der Waals surface area contributed by atoms with Crippen molar-refractivity contribution in [2.75, 3.05) is 20.1 Å². The third-order valence-electron chi connectivity index (χ3n) is 4.32. The predicted molar refractivity (Wildman–Crippen MR) is 88.4 cm³/mol. The first-order chi connectivity index (χ1) is 10.2. The number of thiophene rings is 1. The van der Waals surface area contributed by atoms with Crippen LogP contribution in [0.3, 0.4) is 0 Å². The summed E-state index contributed by atoms with van der Waals surface area (Å²) in [6.07, 6.45) is 7.75. The van der Waals surface area contributed by atoms with E-state index in [1.54, 1.807) is 0 Å². The zero-order valence-corrected chi connectivity index (χ0v) is 13.7. The van der Waals surface area contributed by atoms with Crippen LogP contribution in [0.1, 0.15) is 49.4 Å². The molecule has 1 aliphatic rings. The fraction of sp³-hybridized carbons (Fsp3) is 0.688. The number of nitrogens with one attached hydrogen (secondary N) is 1. The van der Waals surface area contributed by atoms with Crippen LogP contribution in [0, 0.1) is 0 Å². The van der Waals surface area contributed by atoms with E-state index < -0.39 is 6.04 Å². The van der Waals surface area contributed by atoms with E-state index in [4.69, 9.17) is 5.73 Å². The van der Waals surface area contributed by atoms with Crippen molar-refractivity contribution in [1.29, 1.82) is 0 Å². The van der Waals surface area contributed by atoms with Crippen LogP contribution in [0.4, 0.5) is 0 Å². The maximum Gasteiger partial charge on any atom is 0.242 e. The van der Waals surface area contributed by atoms with Gasteiger partial charge >= 0.3 is 0 Å². The molecule has 0 aromatic carbocycles. The molecule has 0 radical (unpaired) electrons. The molecule has 0 bridgehead atoms. The summed E-state index contributed by atoms with van der Waals surface area (Å²) in [5.41, 5.74) is 5.93. The van der Waals surface area contributed by atoms with Crippen LogP contribution in [-0.4, -0.2) is 37.0 Å². The van der Waals surface area contributed by atoms with Crippen molar-refractivity contribution in [3.05, 3.63) is 22.4 Å². The van der Waals surface area contributed by atoms with Crippen molar-refractivity contribution in [3.8, 4) is 0 Å². The quantitative estimate of drug-likeness (QED) is 0.761. The molecule has 1 fully saturated rings. The number of rotatable bonds is 7. The fourth-order valence-electron chi connectivity index (χ4n) is 2.95. The SMILES string of the molecule is CN(CCCNC(=O)C(N)c1cccs1)C1CCCCC1. The second kappa shape index (κ2) is 8.51. The number of nitrogens with zero attached hydrogens (tertiary/aromatic N) is 1. The first-order valence-electron chi connectivity index (χ1n) is 7.95. The Morgan fingerprint density at radius 2 is 2.24 bits per heavy atom. The molecule has 1 amide bonds. The highest BCUT2D eigenvalue weighted by Gasteiger charge is 2.18. The second-order valence-corrected chi connectivity index (χ2v) is 6.89. The number of carbonyl (C=O) groups is 1. The molecule has 21 heavy (non-hydrogen) atoms. The third-order valence-corrected chi connectivity index (χ3v) is 5.27. The molecule has 3 N–H and O–H groups in total. The molecular formula is C16H27N3OS. The summed E-state index contributed by atoms with van der Waals surface area (Å²) in [5, 5.41) is 4.89. The number of carbonyl (C=O) groups excluding carboxylic acids is 1. The van der Waals surface area contributed by atoms with Crippen LogP contribution in [0.5, 0.6) is 0 Å². The minimum Gasteiger partial charge on any atom is -0.354 e. The van der Waals surface area contributed by atoms with Gasteiger partial charge in [0.1, 0.15) is 6.04 Å². The van der Waals surface area contributed by atoms with E-state index in [9.17, 15) is 4.79 Å². The van der Waals surface area contributed by atoms with Gasteiger partial charge in [0.15, 0.2) is 0 Å². The van der Waals surface area contributed by atoms with Crippen molar-refractivity contribution < 1.29 is 4.79 Å². The molecule has 1 unspecified atom stereocenters. The van der Waals surface area contributed by atoms with E-state index in [-0.39, 0.29) is 5.91 Å². The Morgan fingerprint density at radius 1 is 1.48 bits per heavy atom. The lowest BCUT2D eigenvalue weighted by Crippen LogP contribution is -2.37. The monoisotopic (exact) mass is 309 g/mol. The van der Waals surface area contributed by atoms with Gasteiger partial charge in [-0.3, -0.25) is 4.79 Å². The largest absolute Gasteiger partial charge is 0.354 e. The van der Waals surface area contributed by atoms with Crippen LogP contribution in [-0.2, 0) is 4.79 Å². The first-order valence-corrected chi connectivity index (χ1v) is 8.83. The van der Waals surface area contributed by atoms with Gasteiger partial charge in [0.2, 0.25) is 5.91 Å². The Balaban J connectivity index is 1.61. The van der Waals surface area contributed by atoms with Crippen molar-refractivity contribution in [1.82, 2.24) is 10.2 Å². The molecule has 1 aromatic rings. The highest BCUT2D eigenvalue weighted by Crippen LogP contribution is 2.21. The van der Waals surface area contributed by atoms with Crippen molar-refractivity contribution >= 4 is 17.2 Å². The number of nitrogens with two attached hydrogens (primary N) is 1. The highest BCUT2D eigenvalue weighted by atomic mass is 32.1. The zero-order chi connectivity index (χ0) is 15.1. The summed E-state index contributed by atoms with van der Waals surface area (Å²) in [7, 11) is 2.20. The van der Waals surface area contributed by atoms with Crippen LogP contribution in [0.2, 0.25) is 0 Å². The Morgan fingerprint density at radius 3 is 2.90 bits per heavy atom. The van der Waals surface area contributed by atoms with Gasteiger partial charge in [-0.1, -0.05) is 25.3 Å². The third kappa shape index (κ3) is 5.09. The molecule has 1 heterocycles. The summed E-state index contributed by atoms with van der Waals surface area (Å²) < 4.78 is 0. The lowest BCUT2D eigenvalue weighted by Gasteiger charge is -2.31. The smallest absolute Gasteiger partial charge is 0.242 e. The minimum absolute atomic E-state index is 0.0715. The molecule has 4 nitrogen and oxygen atoms in total. The molecule has 2 rings (SSSR count). The van der Waals surface area contributed by atoms with Crippen molar-refractivity contribution in [2.45, 2.75) is 50.6 Å². The molecular weight excluding hydrogens is 282 g/mol. The molecule has 1 atom stereocenters. The number of amides is 1. The van der Waals surface area contributed by atoms with Gasteiger partial charge in [-0.05, 0) is 44.3 Å². The van der Waals surface area contributed by atoms with E-state index in [1.807, 2.05) is 17.5 Å². The molecule has 0 aliphatic heterocycles. The van der Waals surface area contributed by atoms with Gasteiger partial charge in [0.25, 0.3) is 0 Å². The highest BCUT2D eigenvalue weighted by molar-refractivity contribution is 7.10. The molecule has 5 heteroatoms. The van der Waals surface area contributed by atoms with Crippen LogP contribution >= 0.6 is 11.3 Å². The van der Waals surface area contributed by atoms with Crippen molar-refractivity contribution in [3.63, 3.8) is 0 Å². The van der Waals surface area contributed by atoms with E-state index >= 15 is 0 Å². The minimum atomic E-state index is -0.527. The molecule has 1 aliphatic carbocycles. The summed E-state index contributed by atoms with van der Waals surface area (Å²) in [6, 6.07) is 4.04.